The maximum atomic E-state index is 13.0. The van der Waals surface area contributed by atoms with Gasteiger partial charge in [-0.2, -0.15) is 9.36 Å². The normalized spacial score (nSPS) is 10.1. The third-order valence-electron chi connectivity index (χ3n) is 1.52. The second kappa shape index (κ2) is 3.59. The third kappa shape index (κ3) is 1.80. The molecule has 0 amide bonds. The number of nitrogens with zero attached hydrogens (tertiary/aromatic N) is 2. The molecule has 0 aliphatic rings. The van der Waals surface area contributed by atoms with Crippen LogP contribution in [0.3, 0.4) is 0 Å². The number of ether oxygens (including phenoxy) is 1. The van der Waals surface area contributed by atoms with Crippen LogP contribution in [0, 0.1) is 5.82 Å². The highest BCUT2D eigenvalue weighted by Gasteiger charge is 2.03. The molecule has 1 aromatic heterocycles. The molecule has 0 saturated carbocycles. The van der Waals surface area contributed by atoms with Gasteiger partial charge in [-0.15, -0.1) is 0 Å². The molecule has 0 atom stereocenters. The highest BCUT2D eigenvalue weighted by Crippen LogP contribution is 2.24. The molecule has 2 N–H and O–H groups in total. The predicted molar refractivity (Wildman–Crippen MR) is 50.8 cm³/mol. The molecule has 1 aromatic carbocycles. The Balaban J connectivity index is 2.22. The molecule has 0 saturated heterocycles. The fourth-order valence-electron chi connectivity index (χ4n) is 0.880. The largest absolute Gasteiger partial charge is 0.430 e. The summed E-state index contributed by atoms with van der Waals surface area (Å²) in [5, 5.41) is 0.370. The summed E-state index contributed by atoms with van der Waals surface area (Å²) in [5.41, 5.74) is 5.40. The molecule has 1 heterocycles. The Bertz CT molecular complexity index is 432. The van der Waals surface area contributed by atoms with Crippen LogP contribution in [0.5, 0.6) is 10.9 Å². The van der Waals surface area contributed by atoms with Crippen LogP contribution >= 0.6 is 11.5 Å². The predicted octanol–water partition coefficient (Wildman–Crippen LogP) is 2.05. The minimum absolute atomic E-state index is 0.0922. The van der Waals surface area contributed by atoms with E-state index in [2.05, 4.69) is 9.36 Å². The van der Waals surface area contributed by atoms with E-state index < -0.39 is 5.82 Å². The first-order valence-corrected chi connectivity index (χ1v) is 4.52. The van der Waals surface area contributed by atoms with Crippen molar-refractivity contribution in [1.29, 1.82) is 0 Å². The number of rotatable bonds is 2. The van der Waals surface area contributed by atoms with Crippen LogP contribution in [0.15, 0.2) is 24.5 Å². The summed E-state index contributed by atoms with van der Waals surface area (Å²) in [5.74, 6) is -0.152. The lowest BCUT2D eigenvalue weighted by Crippen LogP contribution is -1.91. The van der Waals surface area contributed by atoms with Crippen molar-refractivity contribution in [3.8, 4) is 10.9 Å². The quantitative estimate of drug-likeness (QED) is 0.772. The second-order valence-electron chi connectivity index (χ2n) is 2.49. The number of nitrogens with two attached hydrogens (primary N) is 1. The summed E-state index contributed by atoms with van der Waals surface area (Å²) in [6.45, 7) is 0. The number of halogens is 1. The number of aromatic nitrogens is 2. The van der Waals surface area contributed by atoms with Gasteiger partial charge in [0.25, 0.3) is 5.19 Å². The summed E-state index contributed by atoms with van der Waals surface area (Å²) in [6, 6.07) is 4.21. The van der Waals surface area contributed by atoms with E-state index in [1.54, 1.807) is 6.07 Å². The molecule has 72 valence electrons. The lowest BCUT2D eigenvalue weighted by Gasteiger charge is -2.01. The van der Waals surface area contributed by atoms with Crippen LogP contribution in [0.2, 0.25) is 0 Å². The highest BCUT2D eigenvalue weighted by molar-refractivity contribution is 7.07. The fourth-order valence-corrected chi connectivity index (χ4v) is 1.29. The van der Waals surface area contributed by atoms with Gasteiger partial charge in [-0.1, -0.05) is 0 Å². The monoisotopic (exact) mass is 211 g/mol. The first-order chi connectivity index (χ1) is 6.75. The zero-order chi connectivity index (χ0) is 9.97. The summed E-state index contributed by atoms with van der Waals surface area (Å²) >= 11 is 1.09. The van der Waals surface area contributed by atoms with E-state index in [4.69, 9.17) is 10.5 Å². The standard InChI is InChI=1S/C8H6FN3OS/c9-6-3-5(1-2-7(6)10)13-8-11-4-12-14-8/h1-4H,10H2. The number of nitrogen functional groups attached to an aromatic ring is 1. The van der Waals surface area contributed by atoms with Gasteiger partial charge in [-0.05, 0) is 12.1 Å². The zero-order valence-corrected chi connectivity index (χ0v) is 7.79. The molecule has 0 aliphatic carbocycles. The van der Waals surface area contributed by atoms with Crippen molar-refractivity contribution in [2.75, 3.05) is 5.73 Å². The molecule has 0 radical (unpaired) electrons. The number of benzene rings is 1. The molecule has 0 bridgehead atoms. The van der Waals surface area contributed by atoms with E-state index in [1.165, 1.54) is 18.5 Å². The molecular formula is C8H6FN3OS. The summed E-state index contributed by atoms with van der Waals surface area (Å²) < 4.78 is 21.9. The first kappa shape index (κ1) is 8.89. The van der Waals surface area contributed by atoms with Crippen LogP contribution in [-0.2, 0) is 0 Å². The summed E-state index contributed by atoms with van der Waals surface area (Å²) in [7, 11) is 0. The molecule has 6 heteroatoms. The molecule has 0 fully saturated rings. The van der Waals surface area contributed by atoms with Gasteiger partial charge >= 0.3 is 0 Å². The molecule has 2 aromatic rings. The average Bonchev–Trinajstić information content (AvgIpc) is 2.64. The highest BCUT2D eigenvalue weighted by atomic mass is 32.1. The Kier molecular flexibility index (Phi) is 2.28. The van der Waals surface area contributed by atoms with Crippen molar-refractivity contribution in [3.63, 3.8) is 0 Å². The van der Waals surface area contributed by atoms with Crippen molar-refractivity contribution in [3.05, 3.63) is 30.3 Å². The van der Waals surface area contributed by atoms with Gasteiger partial charge in [-0.25, -0.2) is 4.39 Å². The van der Waals surface area contributed by atoms with Crippen LogP contribution in [-0.4, -0.2) is 9.36 Å². The SMILES string of the molecule is Nc1ccc(Oc2ncns2)cc1F. The maximum absolute atomic E-state index is 13.0. The fraction of sp³-hybridized carbons (Fsp3) is 0. The molecule has 14 heavy (non-hydrogen) atoms. The smallest absolute Gasteiger partial charge is 0.298 e. The molecule has 2 rings (SSSR count). The van der Waals surface area contributed by atoms with E-state index in [0.29, 0.717) is 10.9 Å². The third-order valence-corrected chi connectivity index (χ3v) is 2.06. The Labute approximate surface area is 83.3 Å². The molecule has 0 unspecified atom stereocenters. The number of hydrogen-bond acceptors (Lipinski definition) is 5. The van der Waals surface area contributed by atoms with Gasteiger partial charge in [0.2, 0.25) is 0 Å². The van der Waals surface area contributed by atoms with Crippen LogP contribution in [0.1, 0.15) is 0 Å². The molecule has 0 spiro atoms. The van der Waals surface area contributed by atoms with Gasteiger partial charge in [-0.3, -0.25) is 0 Å². The van der Waals surface area contributed by atoms with Crippen LogP contribution in [0.25, 0.3) is 0 Å². The van der Waals surface area contributed by atoms with E-state index in [9.17, 15) is 4.39 Å². The maximum Gasteiger partial charge on any atom is 0.298 e. The Hall–Kier alpha value is -1.69. The summed E-state index contributed by atoms with van der Waals surface area (Å²) in [4.78, 5) is 3.80. The molecular weight excluding hydrogens is 205 g/mol. The van der Waals surface area contributed by atoms with Crippen molar-refractivity contribution >= 4 is 17.2 Å². The van der Waals surface area contributed by atoms with E-state index >= 15 is 0 Å². The van der Waals surface area contributed by atoms with E-state index in [1.807, 2.05) is 0 Å². The van der Waals surface area contributed by atoms with Crippen LogP contribution in [0.4, 0.5) is 10.1 Å². The Morgan fingerprint density at radius 3 is 2.93 bits per heavy atom. The minimum atomic E-state index is -0.507. The van der Waals surface area contributed by atoms with Gasteiger partial charge < -0.3 is 10.5 Å². The van der Waals surface area contributed by atoms with Crippen molar-refractivity contribution in [2.45, 2.75) is 0 Å². The van der Waals surface area contributed by atoms with E-state index in [0.717, 1.165) is 11.5 Å². The van der Waals surface area contributed by atoms with Gasteiger partial charge in [0, 0.05) is 17.6 Å². The minimum Gasteiger partial charge on any atom is -0.430 e. The van der Waals surface area contributed by atoms with E-state index in [-0.39, 0.29) is 5.69 Å². The summed E-state index contributed by atoms with van der Waals surface area (Å²) in [6.07, 6.45) is 1.37. The topological polar surface area (TPSA) is 61.0 Å². The zero-order valence-electron chi connectivity index (χ0n) is 6.98. The van der Waals surface area contributed by atoms with Crippen molar-refractivity contribution < 1.29 is 9.13 Å². The van der Waals surface area contributed by atoms with Gasteiger partial charge in [0.05, 0.1) is 5.69 Å². The van der Waals surface area contributed by atoms with Crippen molar-refractivity contribution in [1.82, 2.24) is 9.36 Å². The number of hydrogen-bond donors (Lipinski definition) is 1. The second-order valence-corrected chi connectivity index (χ2v) is 3.24. The molecule has 0 aliphatic heterocycles. The van der Waals surface area contributed by atoms with Gasteiger partial charge in [0.15, 0.2) is 0 Å². The lowest BCUT2D eigenvalue weighted by molar-refractivity contribution is 0.473. The Morgan fingerprint density at radius 2 is 2.29 bits per heavy atom. The Morgan fingerprint density at radius 1 is 1.43 bits per heavy atom. The number of anilines is 1. The van der Waals surface area contributed by atoms with Gasteiger partial charge in [0.1, 0.15) is 17.9 Å². The molecule has 4 nitrogen and oxygen atoms in total. The van der Waals surface area contributed by atoms with Crippen LogP contribution < -0.4 is 10.5 Å². The first-order valence-electron chi connectivity index (χ1n) is 3.75. The van der Waals surface area contributed by atoms with Crippen molar-refractivity contribution in [2.24, 2.45) is 0 Å². The lowest BCUT2D eigenvalue weighted by atomic mass is 10.3. The average molecular weight is 211 g/mol.